The molecule has 4 heteroatoms. The summed E-state index contributed by atoms with van der Waals surface area (Å²) in [5.74, 6) is 1.14. The van der Waals surface area contributed by atoms with E-state index in [1.54, 1.807) is 6.33 Å². The predicted octanol–water partition coefficient (Wildman–Crippen LogP) is 0.644. The molecule has 2 unspecified atom stereocenters. The molecule has 0 aliphatic carbocycles. The number of hydrogen-bond donors (Lipinski definition) is 1. The van der Waals surface area contributed by atoms with Gasteiger partial charge in [0.2, 0.25) is 0 Å². The fourth-order valence-corrected chi connectivity index (χ4v) is 2.64. The number of hydrogen-bond acceptors (Lipinski definition) is 4. The van der Waals surface area contributed by atoms with Crippen molar-refractivity contribution >= 4 is 5.82 Å². The largest absolute Gasteiger partial charge is 0.350 e. The third-order valence-electron chi connectivity index (χ3n) is 3.64. The second-order valence-corrected chi connectivity index (χ2v) is 4.55. The predicted molar refractivity (Wildman–Crippen MR) is 59.0 cm³/mol. The Balaban J connectivity index is 1.96. The van der Waals surface area contributed by atoms with Gasteiger partial charge in [0.1, 0.15) is 12.1 Å². The van der Waals surface area contributed by atoms with Crippen molar-refractivity contribution in [3.8, 4) is 0 Å². The summed E-state index contributed by atoms with van der Waals surface area (Å²) in [6.07, 6.45) is 2.94. The third kappa shape index (κ3) is 1.32. The lowest BCUT2D eigenvalue weighted by atomic mass is 10.2. The molecule has 1 N–H and O–H groups in total. The van der Waals surface area contributed by atoms with E-state index < -0.39 is 0 Å². The van der Waals surface area contributed by atoms with Crippen LogP contribution in [0.25, 0.3) is 0 Å². The van der Waals surface area contributed by atoms with Gasteiger partial charge in [-0.05, 0) is 20.3 Å². The van der Waals surface area contributed by atoms with Crippen LogP contribution < -0.4 is 10.2 Å². The highest BCUT2D eigenvalue weighted by Gasteiger charge is 2.38. The zero-order valence-electron chi connectivity index (χ0n) is 9.20. The summed E-state index contributed by atoms with van der Waals surface area (Å²) in [5.41, 5.74) is 2.32. The standard InChI is InChI=1S/C11H16N4/c1-7-8(2)13-6-14-11(7)15-5-9-3-10(15)4-12-9/h6,9-10,12H,3-5H2,1-2H3. The number of aryl methyl sites for hydroxylation is 1. The van der Waals surface area contributed by atoms with Gasteiger partial charge in [0.05, 0.1) is 0 Å². The van der Waals surface area contributed by atoms with Crippen molar-refractivity contribution in [3.05, 3.63) is 17.6 Å². The highest BCUT2D eigenvalue weighted by molar-refractivity contribution is 5.50. The Morgan fingerprint density at radius 2 is 2.27 bits per heavy atom. The number of aromatic nitrogens is 2. The summed E-state index contributed by atoms with van der Waals surface area (Å²) in [5, 5.41) is 3.50. The second-order valence-electron chi connectivity index (χ2n) is 4.55. The highest BCUT2D eigenvalue weighted by Crippen LogP contribution is 2.30. The van der Waals surface area contributed by atoms with Gasteiger partial charge in [0.25, 0.3) is 0 Å². The Bertz CT molecular complexity index is 390. The molecular formula is C11H16N4. The van der Waals surface area contributed by atoms with E-state index in [4.69, 9.17) is 0 Å². The van der Waals surface area contributed by atoms with Crippen LogP contribution in [0, 0.1) is 13.8 Å². The van der Waals surface area contributed by atoms with E-state index in [1.165, 1.54) is 12.0 Å². The monoisotopic (exact) mass is 204 g/mol. The molecule has 0 spiro atoms. The van der Waals surface area contributed by atoms with Crippen LogP contribution in [0.4, 0.5) is 5.82 Å². The number of nitrogens with zero attached hydrogens (tertiary/aromatic N) is 3. The smallest absolute Gasteiger partial charge is 0.135 e. The van der Waals surface area contributed by atoms with Gasteiger partial charge in [0.15, 0.2) is 0 Å². The number of fused-ring (bicyclic) bond motifs is 2. The van der Waals surface area contributed by atoms with E-state index in [0.717, 1.165) is 24.6 Å². The zero-order chi connectivity index (χ0) is 10.4. The van der Waals surface area contributed by atoms with Gasteiger partial charge in [-0.2, -0.15) is 0 Å². The van der Waals surface area contributed by atoms with Crippen LogP contribution in [0.15, 0.2) is 6.33 Å². The topological polar surface area (TPSA) is 41.1 Å². The van der Waals surface area contributed by atoms with Crippen molar-refractivity contribution in [3.63, 3.8) is 0 Å². The van der Waals surface area contributed by atoms with Gasteiger partial charge in [0, 0.05) is 36.4 Å². The molecule has 0 radical (unpaired) electrons. The van der Waals surface area contributed by atoms with Crippen molar-refractivity contribution in [2.75, 3.05) is 18.0 Å². The molecule has 4 nitrogen and oxygen atoms in total. The molecule has 3 rings (SSSR count). The molecule has 0 amide bonds. The van der Waals surface area contributed by atoms with Gasteiger partial charge in [-0.25, -0.2) is 9.97 Å². The van der Waals surface area contributed by atoms with Crippen molar-refractivity contribution in [1.29, 1.82) is 0 Å². The fourth-order valence-electron chi connectivity index (χ4n) is 2.64. The Kier molecular flexibility index (Phi) is 1.92. The normalized spacial score (nSPS) is 28.8. The molecule has 1 aromatic rings. The fraction of sp³-hybridized carbons (Fsp3) is 0.636. The van der Waals surface area contributed by atoms with Crippen LogP contribution in [0.2, 0.25) is 0 Å². The number of rotatable bonds is 1. The molecule has 2 atom stereocenters. The molecule has 0 aromatic carbocycles. The summed E-state index contributed by atoms with van der Waals surface area (Å²) < 4.78 is 0. The minimum Gasteiger partial charge on any atom is -0.350 e. The van der Waals surface area contributed by atoms with Crippen molar-refractivity contribution in [2.45, 2.75) is 32.4 Å². The van der Waals surface area contributed by atoms with E-state index in [9.17, 15) is 0 Å². The summed E-state index contributed by atoms with van der Waals surface area (Å²) in [4.78, 5) is 11.1. The molecule has 3 heterocycles. The zero-order valence-corrected chi connectivity index (χ0v) is 9.20. The lowest BCUT2D eigenvalue weighted by molar-refractivity contribution is 0.575. The first-order chi connectivity index (χ1) is 7.25. The van der Waals surface area contributed by atoms with E-state index in [0.29, 0.717) is 12.1 Å². The Labute approximate surface area is 89.7 Å². The van der Waals surface area contributed by atoms with Crippen LogP contribution in [0.3, 0.4) is 0 Å². The van der Waals surface area contributed by atoms with E-state index in [-0.39, 0.29) is 0 Å². The first-order valence-corrected chi connectivity index (χ1v) is 5.54. The van der Waals surface area contributed by atoms with Crippen LogP contribution in [0.1, 0.15) is 17.7 Å². The minimum atomic E-state index is 0.642. The second kappa shape index (κ2) is 3.17. The van der Waals surface area contributed by atoms with Crippen molar-refractivity contribution in [2.24, 2.45) is 0 Å². The molecule has 15 heavy (non-hydrogen) atoms. The quantitative estimate of drug-likeness (QED) is 0.729. The maximum absolute atomic E-state index is 4.43. The summed E-state index contributed by atoms with van der Waals surface area (Å²) >= 11 is 0. The Hall–Kier alpha value is -1.16. The van der Waals surface area contributed by atoms with Gasteiger partial charge < -0.3 is 10.2 Å². The van der Waals surface area contributed by atoms with Crippen LogP contribution in [-0.2, 0) is 0 Å². The Morgan fingerprint density at radius 1 is 1.40 bits per heavy atom. The lowest BCUT2D eigenvalue weighted by Gasteiger charge is -2.29. The van der Waals surface area contributed by atoms with Gasteiger partial charge >= 0.3 is 0 Å². The maximum Gasteiger partial charge on any atom is 0.135 e. The SMILES string of the molecule is Cc1ncnc(N2CC3CC2CN3)c1C. The molecule has 1 aromatic heterocycles. The van der Waals surface area contributed by atoms with Crippen LogP contribution >= 0.6 is 0 Å². The highest BCUT2D eigenvalue weighted by atomic mass is 15.3. The minimum absolute atomic E-state index is 0.642. The number of anilines is 1. The number of nitrogens with one attached hydrogen (secondary N) is 1. The van der Waals surface area contributed by atoms with Crippen LogP contribution in [0.5, 0.6) is 0 Å². The maximum atomic E-state index is 4.43. The molecule has 0 saturated carbocycles. The first kappa shape index (κ1) is 9.09. The van der Waals surface area contributed by atoms with Crippen molar-refractivity contribution in [1.82, 2.24) is 15.3 Å². The van der Waals surface area contributed by atoms with E-state index in [1.807, 2.05) is 6.92 Å². The summed E-state index contributed by atoms with van der Waals surface area (Å²) in [6.45, 7) is 6.37. The molecular weight excluding hydrogens is 188 g/mol. The molecule has 2 saturated heterocycles. The lowest BCUT2D eigenvalue weighted by Crippen LogP contribution is -2.44. The van der Waals surface area contributed by atoms with Gasteiger partial charge in [-0.15, -0.1) is 0 Å². The molecule has 80 valence electrons. The average Bonchev–Trinajstić information content (AvgIpc) is 2.83. The van der Waals surface area contributed by atoms with Crippen LogP contribution in [-0.4, -0.2) is 35.1 Å². The van der Waals surface area contributed by atoms with E-state index >= 15 is 0 Å². The van der Waals surface area contributed by atoms with Gasteiger partial charge in [-0.3, -0.25) is 0 Å². The number of piperazine rings is 1. The summed E-state index contributed by atoms with van der Waals surface area (Å²) in [7, 11) is 0. The average molecular weight is 204 g/mol. The summed E-state index contributed by atoms with van der Waals surface area (Å²) in [6, 6.07) is 1.31. The Morgan fingerprint density at radius 3 is 2.93 bits per heavy atom. The molecule has 2 aliphatic rings. The van der Waals surface area contributed by atoms with Gasteiger partial charge in [-0.1, -0.05) is 0 Å². The first-order valence-electron chi connectivity index (χ1n) is 5.54. The van der Waals surface area contributed by atoms with Crippen molar-refractivity contribution < 1.29 is 0 Å². The molecule has 2 bridgehead atoms. The molecule has 2 aliphatic heterocycles. The molecule has 2 fully saturated rings. The van der Waals surface area contributed by atoms with E-state index in [2.05, 4.69) is 27.1 Å². The third-order valence-corrected chi connectivity index (χ3v) is 3.64.